The number of hydrogen-bond acceptors (Lipinski definition) is 7. The van der Waals surface area contributed by atoms with Gasteiger partial charge in [-0.3, -0.25) is 0 Å². The highest BCUT2D eigenvalue weighted by Gasteiger charge is 2.44. The molecule has 162 valence electrons. The van der Waals surface area contributed by atoms with Crippen molar-refractivity contribution in [3.63, 3.8) is 0 Å². The van der Waals surface area contributed by atoms with Gasteiger partial charge in [-0.25, -0.2) is 0 Å². The van der Waals surface area contributed by atoms with Crippen LogP contribution >= 0.6 is 0 Å². The van der Waals surface area contributed by atoms with Crippen molar-refractivity contribution in [2.75, 3.05) is 19.8 Å². The van der Waals surface area contributed by atoms with Gasteiger partial charge in [-0.1, -0.05) is 31.2 Å². The van der Waals surface area contributed by atoms with Crippen LogP contribution < -0.4 is 9.47 Å². The Kier molecular flexibility index (Phi) is 5.53. The predicted molar refractivity (Wildman–Crippen MR) is 109 cm³/mol. The molecule has 2 aliphatic rings. The Hall–Kier alpha value is -2.16. The molecule has 1 saturated heterocycles. The van der Waals surface area contributed by atoms with Gasteiger partial charge in [0.1, 0.15) is 43.7 Å². The highest BCUT2D eigenvalue weighted by Crippen LogP contribution is 2.35. The van der Waals surface area contributed by atoms with Crippen molar-refractivity contribution in [2.45, 2.75) is 50.3 Å². The number of benzene rings is 2. The molecule has 0 aliphatic carbocycles. The molecule has 2 heterocycles. The zero-order valence-corrected chi connectivity index (χ0v) is 16.7. The lowest BCUT2D eigenvalue weighted by molar-refractivity contribution is -0.231. The Morgan fingerprint density at radius 1 is 0.967 bits per heavy atom. The topological polar surface area (TPSA) is 109 Å². The van der Waals surface area contributed by atoms with Crippen molar-refractivity contribution >= 4 is 0 Å². The average Bonchev–Trinajstić information content (AvgIpc) is 2.77. The maximum atomic E-state index is 10.5. The normalized spacial score (nSPS) is 31.0. The molecule has 0 bridgehead atoms. The molecule has 2 aromatic carbocycles. The summed E-state index contributed by atoms with van der Waals surface area (Å²) in [5, 5.41) is 40.1. The summed E-state index contributed by atoms with van der Waals surface area (Å²) in [6.45, 7) is -0.500. The maximum Gasteiger partial charge on any atom is 0.161 e. The lowest BCUT2D eigenvalue weighted by Crippen LogP contribution is -2.55. The van der Waals surface area contributed by atoms with Gasteiger partial charge in [-0.2, -0.15) is 0 Å². The lowest BCUT2D eigenvalue weighted by Gasteiger charge is -2.40. The van der Waals surface area contributed by atoms with Gasteiger partial charge in [0, 0.05) is 0 Å². The third-order valence-corrected chi connectivity index (χ3v) is 5.70. The first-order chi connectivity index (χ1) is 15.2. The van der Waals surface area contributed by atoms with Crippen LogP contribution in [0.25, 0.3) is 0 Å². The van der Waals surface area contributed by atoms with Crippen LogP contribution in [0, 0.1) is 0 Å². The van der Waals surface area contributed by atoms with Crippen molar-refractivity contribution < 1.29 is 37.4 Å². The van der Waals surface area contributed by atoms with E-state index in [1.54, 1.807) is 12.1 Å². The molecule has 0 aromatic heterocycles. The fourth-order valence-electron chi connectivity index (χ4n) is 4.01. The standard InChI is InChI=1S/C23H28O7/c1-2-14-4-5-15(23-22(27)21(26)20(25)19(12-24)30-23)11-16(14)9-13-3-6-17-18(10-13)29-8-7-28-17/h3-6,10-11,19-27H,2,7-9,12H2,1H3/t19-,20-,21+,22-,23+/m1/s1/i8D2. The van der Waals surface area contributed by atoms with Gasteiger partial charge >= 0.3 is 0 Å². The molecule has 2 aromatic rings. The second-order valence-corrected chi connectivity index (χ2v) is 7.62. The van der Waals surface area contributed by atoms with E-state index >= 15 is 0 Å². The van der Waals surface area contributed by atoms with Crippen molar-refractivity contribution in [1.29, 1.82) is 0 Å². The summed E-state index contributed by atoms with van der Waals surface area (Å²) in [7, 11) is 0. The molecule has 7 heteroatoms. The Morgan fingerprint density at radius 2 is 1.80 bits per heavy atom. The minimum Gasteiger partial charge on any atom is -0.486 e. The largest absolute Gasteiger partial charge is 0.486 e. The van der Waals surface area contributed by atoms with Gasteiger partial charge in [0.15, 0.2) is 11.5 Å². The van der Waals surface area contributed by atoms with E-state index in [4.69, 9.17) is 17.0 Å². The van der Waals surface area contributed by atoms with Crippen LogP contribution in [0.5, 0.6) is 11.5 Å². The van der Waals surface area contributed by atoms with Crippen LogP contribution in [0.1, 0.15) is 38.0 Å². The number of hydrogen-bond donors (Lipinski definition) is 4. The molecule has 0 unspecified atom stereocenters. The van der Waals surface area contributed by atoms with Crippen LogP contribution in [0.2, 0.25) is 0 Å². The Labute approximate surface area is 178 Å². The number of aliphatic hydroxyl groups is 4. The molecule has 7 nitrogen and oxygen atoms in total. The molecule has 30 heavy (non-hydrogen) atoms. The third kappa shape index (κ3) is 4.04. The summed E-state index contributed by atoms with van der Waals surface area (Å²) >= 11 is 0. The molecule has 1 fully saturated rings. The number of aryl methyl sites for hydroxylation is 1. The average molecular weight is 418 g/mol. The van der Waals surface area contributed by atoms with E-state index < -0.39 is 43.7 Å². The van der Waals surface area contributed by atoms with Gasteiger partial charge in [-0.05, 0) is 47.2 Å². The van der Waals surface area contributed by atoms with E-state index in [-0.39, 0.29) is 6.61 Å². The molecule has 0 radical (unpaired) electrons. The van der Waals surface area contributed by atoms with Gasteiger partial charge in [0.2, 0.25) is 0 Å². The minimum absolute atomic E-state index is 0.166. The van der Waals surface area contributed by atoms with Crippen LogP contribution in [0.3, 0.4) is 0 Å². The van der Waals surface area contributed by atoms with Gasteiger partial charge in [-0.15, -0.1) is 0 Å². The maximum absolute atomic E-state index is 10.5. The molecule has 0 spiro atoms. The first kappa shape index (κ1) is 18.6. The highest BCUT2D eigenvalue weighted by molar-refractivity contribution is 5.46. The number of aliphatic hydroxyl groups excluding tert-OH is 4. The molecule has 0 amide bonds. The number of ether oxygens (including phenoxy) is 3. The summed E-state index contributed by atoms with van der Waals surface area (Å²) < 4.78 is 32.1. The van der Waals surface area contributed by atoms with Gasteiger partial charge in [0.25, 0.3) is 0 Å². The third-order valence-electron chi connectivity index (χ3n) is 5.70. The predicted octanol–water partition coefficient (Wildman–Crippen LogP) is 1.13. The van der Waals surface area contributed by atoms with Crippen LogP contribution in [0.4, 0.5) is 0 Å². The SMILES string of the molecule is [2H]C1([2H])COc2ccc(Cc3cc([C@@H]4O[C@H](CO)[C@@H](O)[C@H](O)[C@H]4O)ccc3CC)cc2O1. The van der Waals surface area contributed by atoms with E-state index in [0.29, 0.717) is 23.5 Å². The summed E-state index contributed by atoms with van der Waals surface area (Å²) in [4.78, 5) is 0. The zero-order chi connectivity index (χ0) is 23.0. The fourth-order valence-corrected chi connectivity index (χ4v) is 4.01. The van der Waals surface area contributed by atoms with E-state index in [0.717, 1.165) is 23.1 Å². The smallest absolute Gasteiger partial charge is 0.161 e. The first-order valence-electron chi connectivity index (χ1n) is 11.1. The van der Waals surface area contributed by atoms with Gasteiger partial charge < -0.3 is 34.6 Å². The quantitative estimate of drug-likeness (QED) is 0.576. The second kappa shape index (κ2) is 8.91. The molecule has 4 N–H and O–H groups in total. The molecule has 4 rings (SSSR count). The molecular formula is C23H28O7. The summed E-state index contributed by atoms with van der Waals surface area (Å²) in [6, 6.07) is 11.0. The molecule has 5 atom stereocenters. The van der Waals surface area contributed by atoms with Crippen molar-refractivity contribution in [2.24, 2.45) is 0 Å². The van der Waals surface area contributed by atoms with E-state index in [2.05, 4.69) is 0 Å². The van der Waals surface area contributed by atoms with Crippen LogP contribution in [-0.2, 0) is 17.6 Å². The zero-order valence-electron chi connectivity index (χ0n) is 18.7. The lowest BCUT2D eigenvalue weighted by atomic mass is 9.88. The van der Waals surface area contributed by atoms with Crippen LogP contribution in [-0.4, -0.2) is 64.6 Å². The van der Waals surface area contributed by atoms with E-state index in [9.17, 15) is 20.4 Å². The fraction of sp³-hybridized carbons (Fsp3) is 0.478. The summed E-state index contributed by atoms with van der Waals surface area (Å²) in [5.41, 5.74) is 3.58. The second-order valence-electron chi connectivity index (χ2n) is 7.62. The Balaban J connectivity index is 1.62. The summed E-state index contributed by atoms with van der Waals surface area (Å²) in [6.07, 6.45) is -4.76. The number of fused-ring (bicyclic) bond motifs is 1. The van der Waals surface area contributed by atoms with E-state index in [1.807, 2.05) is 31.2 Å². The van der Waals surface area contributed by atoms with Crippen molar-refractivity contribution in [3.05, 3.63) is 58.7 Å². The van der Waals surface area contributed by atoms with Crippen molar-refractivity contribution in [3.8, 4) is 11.5 Å². The highest BCUT2D eigenvalue weighted by atomic mass is 16.6. The number of rotatable bonds is 5. The summed E-state index contributed by atoms with van der Waals surface area (Å²) in [5.74, 6) is 0.844. The Bertz CT molecular complexity index is 965. The van der Waals surface area contributed by atoms with Gasteiger partial charge in [0.05, 0.1) is 9.35 Å². The Morgan fingerprint density at radius 3 is 2.57 bits per heavy atom. The first-order valence-corrected chi connectivity index (χ1v) is 10.1. The molecule has 0 saturated carbocycles. The van der Waals surface area contributed by atoms with E-state index in [1.165, 1.54) is 0 Å². The molecule has 2 aliphatic heterocycles. The van der Waals surface area contributed by atoms with Crippen molar-refractivity contribution in [1.82, 2.24) is 0 Å². The monoisotopic (exact) mass is 418 g/mol. The minimum atomic E-state index is -1.89. The van der Waals surface area contributed by atoms with Crippen LogP contribution in [0.15, 0.2) is 36.4 Å². The molecular weight excluding hydrogens is 388 g/mol.